The first kappa shape index (κ1) is 19.1. The zero-order valence-electron chi connectivity index (χ0n) is 15.1. The van der Waals surface area contributed by atoms with E-state index >= 15 is 0 Å². The summed E-state index contributed by atoms with van der Waals surface area (Å²) in [6, 6.07) is 11.5. The second-order valence-corrected chi connectivity index (χ2v) is 6.58. The predicted molar refractivity (Wildman–Crippen MR) is 99.3 cm³/mol. The van der Waals surface area contributed by atoms with E-state index in [1.807, 2.05) is 33.2 Å². The van der Waals surface area contributed by atoms with Gasteiger partial charge in [0.2, 0.25) is 0 Å². The minimum Gasteiger partial charge on any atom is -0.380 e. The first-order valence-electron chi connectivity index (χ1n) is 8.54. The highest BCUT2D eigenvalue weighted by atomic mass is 19.1. The molecule has 4 heteroatoms. The second kappa shape index (κ2) is 8.24. The SMILES string of the molecule is [C-]#[N+]c1ccc(C(O)(CCCN(C)C)c2ccc(F)cc2)c(CC)c1. The van der Waals surface area contributed by atoms with Crippen molar-refractivity contribution in [1.82, 2.24) is 4.90 Å². The number of rotatable bonds is 7. The Morgan fingerprint density at radius 1 is 1.16 bits per heavy atom. The normalized spacial score (nSPS) is 13.5. The van der Waals surface area contributed by atoms with Crippen LogP contribution in [0.5, 0.6) is 0 Å². The van der Waals surface area contributed by atoms with Crippen LogP contribution in [0.3, 0.4) is 0 Å². The molecule has 0 amide bonds. The van der Waals surface area contributed by atoms with E-state index in [1.165, 1.54) is 12.1 Å². The number of benzene rings is 2. The molecule has 0 aliphatic carbocycles. The van der Waals surface area contributed by atoms with Gasteiger partial charge in [-0.05, 0) is 63.2 Å². The Morgan fingerprint density at radius 3 is 2.40 bits per heavy atom. The standard InChI is InChI=1S/C21H25FN2O/c1-5-16-15-19(23-2)11-12-20(16)21(25,13-6-14-24(3)4)17-7-9-18(22)10-8-17/h7-12,15,25H,5-6,13-14H2,1,3-4H3. The Hall–Kier alpha value is -2.22. The van der Waals surface area contributed by atoms with Crippen LogP contribution in [0, 0.1) is 12.4 Å². The van der Waals surface area contributed by atoms with Gasteiger partial charge in [-0.1, -0.05) is 42.8 Å². The molecule has 0 bridgehead atoms. The van der Waals surface area contributed by atoms with Crippen LogP contribution in [0.25, 0.3) is 4.85 Å². The monoisotopic (exact) mass is 340 g/mol. The van der Waals surface area contributed by atoms with Gasteiger partial charge in [-0.25, -0.2) is 9.24 Å². The molecule has 0 spiro atoms. The third-order valence-corrected chi connectivity index (χ3v) is 4.51. The molecule has 0 radical (unpaired) electrons. The van der Waals surface area contributed by atoms with Crippen LogP contribution in [0.2, 0.25) is 0 Å². The topological polar surface area (TPSA) is 27.8 Å². The van der Waals surface area contributed by atoms with E-state index in [9.17, 15) is 9.50 Å². The predicted octanol–water partition coefficient (Wildman–Crippen LogP) is 4.52. The van der Waals surface area contributed by atoms with Gasteiger partial charge in [-0.3, -0.25) is 0 Å². The van der Waals surface area contributed by atoms with Gasteiger partial charge in [0.25, 0.3) is 0 Å². The number of nitrogens with zero attached hydrogens (tertiary/aromatic N) is 2. The van der Waals surface area contributed by atoms with Gasteiger partial charge in [-0.15, -0.1) is 0 Å². The van der Waals surface area contributed by atoms with E-state index < -0.39 is 5.60 Å². The van der Waals surface area contributed by atoms with Crippen LogP contribution in [-0.4, -0.2) is 30.6 Å². The molecule has 2 aromatic rings. The fourth-order valence-corrected chi connectivity index (χ4v) is 3.16. The van der Waals surface area contributed by atoms with Crippen molar-refractivity contribution in [3.63, 3.8) is 0 Å². The largest absolute Gasteiger partial charge is 0.380 e. The molecule has 1 atom stereocenters. The maximum absolute atomic E-state index is 13.4. The fraction of sp³-hybridized carbons (Fsp3) is 0.381. The number of halogens is 1. The highest BCUT2D eigenvalue weighted by Crippen LogP contribution is 2.37. The van der Waals surface area contributed by atoms with Crippen LogP contribution < -0.4 is 0 Å². The minimum atomic E-state index is -1.20. The molecule has 0 fully saturated rings. The van der Waals surface area contributed by atoms with E-state index in [0.29, 0.717) is 17.7 Å². The molecular formula is C21H25FN2O. The van der Waals surface area contributed by atoms with Crippen molar-refractivity contribution in [3.8, 4) is 0 Å². The zero-order valence-corrected chi connectivity index (χ0v) is 15.1. The molecule has 0 aliphatic heterocycles. The van der Waals surface area contributed by atoms with Crippen molar-refractivity contribution in [2.45, 2.75) is 31.8 Å². The molecule has 25 heavy (non-hydrogen) atoms. The van der Waals surface area contributed by atoms with Gasteiger partial charge >= 0.3 is 0 Å². The number of hydrogen-bond donors (Lipinski definition) is 1. The highest BCUT2D eigenvalue weighted by molar-refractivity contribution is 5.53. The van der Waals surface area contributed by atoms with Gasteiger partial charge < -0.3 is 10.0 Å². The summed E-state index contributed by atoms with van der Waals surface area (Å²) in [6.07, 6.45) is 2.05. The summed E-state index contributed by atoms with van der Waals surface area (Å²) in [5, 5.41) is 11.6. The maximum atomic E-state index is 13.4. The van der Waals surface area contributed by atoms with Crippen molar-refractivity contribution in [1.29, 1.82) is 0 Å². The summed E-state index contributed by atoms with van der Waals surface area (Å²) in [7, 11) is 4.00. The van der Waals surface area contributed by atoms with Crippen molar-refractivity contribution in [3.05, 3.63) is 76.4 Å². The highest BCUT2D eigenvalue weighted by Gasteiger charge is 2.33. The lowest BCUT2D eigenvalue weighted by atomic mass is 9.79. The van der Waals surface area contributed by atoms with E-state index in [1.54, 1.807) is 18.2 Å². The lowest BCUT2D eigenvalue weighted by Crippen LogP contribution is -2.30. The van der Waals surface area contributed by atoms with Gasteiger partial charge in [0.05, 0.1) is 6.57 Å². The summed E-state index contributed by atoms with van der Waals surface area (Å²) in [6.45, 7) is 10.1. The zero-order chi connectivity index (χ0) is 18.4. The molecule has 2 rings (SSSR count). The Labute approximate surface area is 149 Å². The van der Waals surface area contributed by atoms with Crippen LogP contribution in [0.4, 0.5) is 10.1 Å². The van der Waals surface area contributed by atoms with Crippen molar-refractivity contribution >= 4 is 5.69 Å². The number of aryl methyl sites for hydroxylation is 1. The smallest absolute Gasteiger partial charge is 0.187 e. The van der Waals surface area contributed by atoms with Crippen molar-refractivity contribution in [2.24, 2.45) is 0 Å². The fourth-order valence-electron chi connectivity index (χ4n) is 3.16. The average molecular weight is 340 g/mol. The molecular weight excluding hydrogens is 315 g/mol. The molecule has 0 saturated carbocycles. The molecule has 2 aromatic carbocycles. The molecule has 1 N–H and O–H groups in total. The minimum absolute atomic E-state index is 0.321. The van der Waals surface area contributed by atoms with Crippen molar-refractivity contribution < 1.29 is 9.50 Å². The Kier molecular flexibility index (Phi) is 6.30. The Bertz CT molecular complexity index is 749. The van der Waals surface area contributed by atoms with E-state index in [-0.39, 0.29) is 5.82 Å². The molecule has 0 heterocycles. The summed E-state index contributed by atoms with van der Waals surface area (Å²) in [4.78, 5) is 5.56. The van der Waals surface area contributed by atoms with E-state index in [2.05, 4.69) is 9.74 Å². The second-order valence-electron chi connectivity index (χ2n) is 6.58. The van der Waals surface area contributed by atoms with Gasteiger partial charge in [0.15, 0.2) is 5.69 Å². The van der Waals surface area contributed by atoms with Crippen LogP contribution in [0.15, 0.2) is 42.5 Å². The molecule has 0 aromatic heterocycles. The van der Waals surface area contributed by atoms with Gasteiger partial charge in [0, 0.05) is 0 Å². The summed E-state index contributed by atoms with van der Waals surface area (Å²) < 4.78 is 13.4. The summed E-state index contributed by atoms with van der Waals surface area (Å²) in [5.41, 5.74) is 1.79. The average Bonchev–Trinajstić information content (AvgIpc) is 2.61. The van der Waals surface area contributed by atoms with Crippen LogP contribution in [-0.2, 0) is 12.0 Å². The van der Waals surface area contributed by atoms with E-state index in [4.69, 9.17) is 6.57 Å². The van der Waals surface area contributed by atoms with Gasteiger partial charge in [-0.2, -0.15) is 0 Å². The number of aliphatic hydroxyl groups is 1. The molecule has 3 nitrogen and oxygen atoms in total. The summed E-state index contributed by atoms with van der Waals surface area (Å²) >= 11 is 0. The third-order valence-electron chi connectivity index (χ3n) is 4.51. The van der Waals surface area contributed by atoms with Crippen LogP contribution >= 0.6 is 0 Å². The van der Waals surface area contributed by atoms with Crippen LogP contribution in [0.1, 0.15) is 36.5 Å². The quantitative estimate of drug-likeness (QED) is 0.751. The van der Waals surface area contributed by atoms with Crippen molar-refractivity contribution in [2.75, 3.05) is 20.6 Å². The Balaban J connectivity index is 2.51. The van der Waals surface area contributed by atoms with E-state index in [0.717, 1.165) is 30.5 Å². The molecule has 132 valence electrons. The molecule has 1 unspecified atom stereocenters. The first-order chi connectivity index (χ1) is 11.9. The first-order valence-corrected chi connectivity index (χ1v) is 8.54. The molecule has 0 saturated heterocycles. The third kappa shape index (κ3) is 4.45. The van der Waals surface area contributed by atoms with Gasteiger partial charge in [0.1, 0.15) is 11.4 Å². The maximum Gasteiger partial charge on any atom is 0.187 e. The number of hydrogen-bond acceptors (Lipinski definition) is 2. The summed E-state index contributed by atoms with van der Waals surface area (Å²) in [5.74, 6) is -0.321. The lowest BCUT2D eigenvalue weighted by Gasteiger charge is -2.32. The Morgan fingerprint density at radius 2 is 1.84 bits per heavy atom. The lowest BCUT2D eigenvalue weighted by molar-refractivity contribution is 0.0656. The molecule has 0 aliphatic rings.